The monoisotopic (exact) mass is 293 g/mol. The highest BCUT2D eigenvalue weighted by Gasteiger charge is 2.10. The summed E-state index contributed by atoms with van der Waals surface area (Å²) in [6.07, 6.45) is 0. The summed E-state index contributed by atoms with van der Waals surface area (Å²) >= 11 is 7.30. The number of halogens is 1. The van der Waals surface area contributed by atoms with Crippen molar-refractivity contribution in [2.45, 2.75) is 11.8 Å². The van der Waals surface area contributed by atoms with E-state index in [0.717, 1.165) is 16.3 Å². The minimum atomic E-state index is -0.298. The molecule has 0 fully saturated rings. The summed E-state index contributed by atoms with van der Waals surface area (Å²) in [4.78, 5) is 13.0. The van der Waals surface area contributed by atoms with Crippen LogP contribution < -0.4 is 5.32 Å². The van der Waals surface area contributed by atoms with Crippen molar-refractivity contribution >= 4 is 35.0 Å². The summed E-state index contributed by atoms with van der Waals surface area (Å²) in [7, 11) is 0. The van der Waals surface area contributed by atoms with Crippen LogP contribution in [0.15, 0.2) is 41.3 Å². The van der Waals surface area contributed by atoms with E-state index in [4.69, 9.17) is 11.6 Å². The Bertz CT molecular complexity index is 574. The first kappa shape index (κ1) is 13.8. The molecule has 0 aliphatic carbocycles. The van der Waals surface area contributed by atoms with Crippen LogP contribution >= 0.6 is 23.4 Å². The maximum absolute atomic E-state index is 12.0. The highest BCUT2D eigenvalue weighted by molar-refractivity contribution is 7.99. The fourth-order valence-corrected chi connectivity index (χ4v) is 2.34. The number of benzene rings is 1. The number of rotatable bonds is 4. The summed E-state index contributed by atoms with van der Waals surface area (Å²) in [6, 6.07) is 10.7. The van der Waals surface area contributed by atoms with Crippen LogP contribution in [0.5, 0.6) is 0 Å². The molecule has 0 aliphatic heterocycles. The molecule has 4 nitrogen and oxygen atoms in total. The number of aromatic nitrogens is 2. The second-order valence-corrected chi connectivity index (χ2v) is 5.32. The molecule has 1 aromatic heterocycles. The lowest BCUT2D eigenvalue weighted by Gasteiger charge is -2.09. The van der Waals surface area contributed by atoms with Crippen molar-refractivity contribution in [2.75, 3.05) is 11.1 Å². The van der Waals surface area contributed by atoms with Gasteiger partial charge in [0.2, 0.25) is 0 Å². The minimum Gasteiger partial charge on any atom is -0.320 e. The predicted molar refractivity (Wildman–Crippen MR) is 77.8 cm³/mol. The zero-order valence-electron chi connectivity index (χ0n) is 10.3. The molecule has 0 spiro atoms. The van der Waals surface area contributed by atoms with Crippen LogP contribution in [0.1, 0.15) is 17.4 Å². The Kier molecular flexibility index (Phi) is 4.76. The molecule has 0 unspecified atom stereocenters. The number of para-hydroxylation sites is 1. The van der Waals surface area contributed by atoms with Crippen molar-refractivity contribution in [3.05, 3.63) is 47.2 Å². The van der Waals surface area contributed by atoms with Crippen LogP contribution in [-0.4, -0.2) is 21.9 Å². The van der Waals surface area contributed by atoms with E-state index in [1.54, 1.807) is 17.8 Å². The summed E-state index contributed by atoms with van der Waals surface area (Å²) < 4.78 is 0. The molecule has 1 amide bonds. The average Bonchev–Trinajstić information content (AvgIpc) is 2.42. The van der Waals surface area contributed by atoms with Gasteiger partial charge in [0.25, 0.3) is 5.91 Å². The lowest BCUT2D eigenvalue weighted by atomic mass is 10.3. The lowest BCUT2D eigenvalue weighted by Crippen LogP contribution is -2.14. The van der Waals surface area contributed by atoms with Crippen molar-refractivity contribution in [1.29, 1.82) is 0 Å². The Hall–Kier alpha value is -1.59. The summed E-state index contributed by atoms with van der Waals surface area (Å²) in [6.45, 7) is 2.06. The van der Waals surface area contributed by atoms with Crippen LogP contribution in [0.3, 0.4) is 0 Å². The largest absolute Gasteiger partial charge is 0.320 e. The quantitative estimate of drug-likeness (QED) is 0.877. The Labute approximate surface area is 120 Å². The summed E-state index contributed by atoms with van der Waals surface area (Å²) in [5, 5.41) is 10.5. The SMILES string of the molecule is CCSc1ccccc1NC(=O)c1ccc(Cl)nn1. The number of amides is 1. The van der Waals surface area contributed by atoms with Gasteiger partial charge in [0.05, 0.1) is 5.69 Å². The topological polar surface area (TPSA) is 54.9 Å². The minimum absolute atomic E-state index is 0.237. The Morgan fingerprint density at radius 3 is 2.74 bits per heavy atom. The molecule has 0 saturated heterocycles. The number of carbonyl (C=O) groups is 1. The van der Waals surface area contributed by atoms with Gasteiger partial charge in [-0.25, -0.2) is 0 Å². The third-order valence-corrected chi connectivity index (χ3v) is 3.46. The van der Waals surface area contributed by atoms with E-state index < -0.39 is 0 Å². The van der Waals surface area contributed by atoms with Crippen LogP contribution in [0.2, 0.25) is 5.15 Å². The molecule has 1 N–H and O–H groups in total. The number of hydrogen-bond acceptors (Lipinski definition) is 4. The number of hydrogen-bond donors (Lipinski definition) is 1. The molecule has 98 valence electrons. The fraction of sp³-hybridized carbons (Fsp3) is 0.154. The van der Waals surface area contributed by atoms with Gasteiger partial charge in [-0.2, -0.15) is 0 Å². The second kappa shape index (κ2) is 6.54. The van der Waals surface area contributed by atoms with E-state index in [0.29, 0.717) is 0 Å². The van der Waals surface area contributed by atoms with Crippen molar-refractivity contribution in [1.82, 2.24) is 10.2 Å². The average molecular weight is 294 g/mol. The molecule has 1 aromatic carbocycles. The van der Waals surface area contributed by atoms with Crippen molar-refractivity contribution < 1.29 is 4.79 Å². The molecule has 0 saturated carbocycles. The van der Waals surface area contributed by atoms with Gasteiger partial charge < -0.3 is 5.32 Å². The first-order chi connectivity index (χ1) is 9.20. The van der Waals surface area contributed by atoms with E-state index in [-0.39, 0.29) is 16.8 Å². The van der Waals surface area contributed by atoms with E-state index in [9.17, 15) is 4.79 Å². The molecule has 6 heteroatoms. The van der Waals surface area contributed by atoms with Crippen molar-refractivity contribution in [3.8, 4) is 0 Å². The van der Waals surface area contributed by atoms with E-state index in [2.05, 4.69) is 22.4 Å². The van der Waals surface area contributed by atoms with E-state index in [1.165, 1.54) is 6.07 Å². The number of carbonyl (C=O) groups excluding carboxylic acids is 1. The van der Waals surface area contributed by atoms with Crippen LogP contribution in [0.25, 0.3) is 0 Å². The van der Waals surface area contributed by atoms with Gasteiger partial charge in [0.15, 0.2) is 10.8 Å². The van der Waals surface area contributed by atoms with Gasteiger partial charge in [-0.3, -0.25) is 4.79 Å². The number of thioether (sulfide) groups is 1. The molecule has 2 rings (SSSR count). The van der Waals surface area contributed by atoms with Gasteiger partial charge in [0, 0.05) is 4.90 Å². The van der Waals surface area contributed by atoms with Crippen molar-refractivity contribution in [2.24, 2.45) is 0 Å². The first-order valence-corrected chi connectivity index (χ1v) is 7.09. The smallest absolute Gasteiger partial charge is 0.276 e. The van der Waals surface area contributed by atoms with Crippen LogP contribution in [0, 0.1) is 0 Å². The molecule has 1 heterocycles. The number of anilines is 1. The molecule has 0 bridgehead atoms. The maximum Gasteiger partial charge on any atom is 0.276 e. The Morgan fingerprint density at radius 1 is 1.26 bits per heavy atom. The molecule has 0 aliphatic rings. The van der Waals surface area contributed by atoms with Gasteiger partial charge >= 0.3 is 0 Å². The summed E-state index contributed by atoms with van der Waals surface area (Å²) in [5.74, 6) is 0.640. The highest BCUT2D eigenvalue weighted by Crippen LogP contribution is 2.26. The molecule has 2 aromatic rings. The number of nitrogens with one attached hydrogen (secondary N) is 1. The second-order valence-electron chi connectivity index (χ2n) is 3.62. The molecule has 19 heavy (non-hydrogen) atoms. The fourth-order valence-electron chi connectivity index (χ4n) is 1.47. The molecule has 0 atom stereocenters. The van der Waals surface area contributed by atoms with Gasteiger partial charge in [-0.1, -0.05) is 30.7 Å². The predicted octanol–water partition coefficient (Wildman–Crippen LogP) is 3.49. The molecular formula is C13H12ClN3OS. The summed E-state index contributed by atoms with van der Waals surface area (Å²) in [5.41, 5.74) is 1.01. The Balaban J connectivity index is 2.16. The van der Waals surface area contributed by atoms with Crippen LogP contribution in [0.4, 0.5) is 5.69 Å². The Morgan fingerprint density at radius 2 is 2.05 bits per heavy atom. The maximum atomic E-state index is 12.0. The van der Waals surface area contributed by atoms with Gasteiger partial charge in [-0.15, -0.1) is 22.0 Å². The lowest BCUT2D eigenvalue weighted by molar-refractivity contribution is 0.102. The molecule has 0 radical (unpaired) electrons. The molecular weight excluding hydrogens is 282 g/mol. The third kappa shape index (κ3) is 3.68. The number of nitrogens with zero attached hydrogens (tertiary/aromatic N) is 2. The van der Waals surface area contributed by atoms with Gasteiger partial charge in [0.1, 0.15) is 0 Å². The van der Waals surface area contributed by atoms with Gasteiger partial charge in [-0.05, 0) is 30.0 Å². The normalized spacial score (nSPS) is 10.2. The van der Waals surface area contributed by atoms with Crippen molar-refractivity contribution in [3.63, 3.8) is 0 Å². The van der Waals surface area contributed by atoms with E-state index >= 15 is 0 Å². The zero-order chi connectivity index (χ0) is 13.7. The highest BCUT2D eigenvalue weighted by atomic mass is 35.5. The first-order valence-electron chi connectivity index (χ1n) is 5.73. The standard InChI is InChI=1S/C13H12ClN3OS/c1-2-19-11-6-4-3-5-9(11)15-13(18)10-7-8-12(14)17-16-10/h3-8H,2H2,1H3,(H,15,18). The zero-order valence-corrected chi connectivity index (χ0v) is 11.8. The third-order valence-electron chi connectivity index (χ3n) is 2.30. The van der Waals surface area contributed by atoms with E-state index in [1.807, 2.05) is 24.3 Å². The van der Waals surface area contributed by atoms with Crippen LogP contribution in [-0.2, 0) is 0 Å².